The Bertz CT molecular complexity index is 315. The van der Waals surface area contributed by atoms with E-state index in [4.69, 9.17) is 10.5 Å². The minimum atomic E-state index is -0.496. The minimum Gasteiger partial charge on any atom is -0.378 e. The Morgan fingerprint density at radius 3 is 2.74 bits per heavy atom. The fourth-order valence-corrected chi connectivity index (χ4v) is 2.93. The zero-order valence-electron chi connectivity index (χ0n) is 12.3. The molecule has 19 heavy (non-hydrogen) atoms. The summed E-state index contributed by atoms with van der Waals surface area (Å²) in [5.41, 5.74) is 5.11. The van der Waals surface area contributed by atoms with Gasteiger partial charge in [-0.2, -0.15) is 0 Å². The zero-order valence-corrected chi connectivity index (χ0v) is 12.3. The summed E-state index contributed by atoms with van der Waals surface area (Å²) in [4.78, 5) is 11.8. The first-order chi connectivity index (χ1) is 9.02. The lowest BCUT2D eigenvalue weighted by molar-refractivity contribution is -0.124. The highest BCUT2D eigenvalue weighted by Gasteiger charge is 2.47. The van der Waals surface area contributed by atoms with Crippen LogP contribution in [0.4, 0.5) is 0 Å². The molecule has 2 atom stereocenters. The third kappa shape index (κ3) is 4.18. The van der Waals surface area contributed by atoms with Gasteiger partial charge < -0.3 is 15.8 Å². The van der Waals surface area contributed by atoms with E-state index in [9.17, 15) is 4.79 Å². The number of rotatable bonds is 8. The van der Waals surface area contributed by atoms with Crippen molar-refractivity contribution in [2.45, 2.75) is 76.5 Å². The van der Waals surface area contributed by atoms with Crippen LogP contribution < -0.4 is 11.1 Å². The first-order valence-electron chi connectivity index (χ1n) is 7.71. The first kappa shape index (κ1) is 14.8. The van der Waals surface area contributed by atoms with Gasteiger partial charge in [0.15, 0.2) is 0 Å². The average Bonchev–Trinajstić information content (AvgIpc) is 3.04. The molecule has 2 fully saturated rings. The quantitative estimate of drug-likeness (QED) is 0.661. The highest BCUT2D eigenvalue weighted by Crippen LogP contribution is 2.35. The van der Waals surface area contributed by atoms with E-state index >= 15 is 0 Å². The lowest BCUT2D eigenvalue weighted by Crippen LogP contribution is -2.54. The van der Waals surface area contributed by atoms with Crippen molar-refractivity contribution in [2.75, 3.05) is 6.61 Å². The number of ether oxygens (including phenoxy) is 1. The maximum atomic E-state index is 11.8. The molecule has 0 radical (unpaired) electrons. The second kappa shape index (κ2) is 6.23. The smallest absolute Gasteiger partial charge is 0.237 e. The van der Waals surface area contributed by atoms with E-state index < -0.39 is 5.54 Å². The SMILES string of the molecule is CC(C)CCCOC1CCC(NC2CC2)(C(N)=O)C1. The number of carbonyl (C=O) groups excluding carboxylic acids is 1. The van der Waals surface area contributed by atoms with E-state index in [-0.39, 0.29) is 12.0 Å². The molecule has 0 aliphatic heterocycles. The van der Waals surface area contributed by atoms with E-state index in [1.54, 1.807) is 0 Å². The van der Waals surface area contributed by atoms with E-state index in [0.717, 1.165) is 38.2 Å². The summed E-state index contributed by atoms with van der Waals surface area (Å²) in [6.07, 6.45) is 7.38. The van der Waals surface area contributed by atoms with Crippen molar-refractivity contribution in [1.82, 2.24) is 5.32 Å². The predicted octanol–water partition coefficient (Wildman–Crippen LogP) is 1.97. The van der Waals surface area contributed by atoms with Crippen LogP contribution >= 0.6 is 0 Å². The third-order valence-corrected chi connectivity index (χ3v) is 4.28. The number of hydrogen-bond acceptors (Lipinski definition) is 3. The highest BCUT2D eigenvalue weighted by atomic mass is 16.5. The molecule has 0 saturated heterocycles. The summed E-state index contributed by atoms with van der Waals surface area (Å²) in [5.74, 6) is 0.529. The van der Waals surface area contributed by atoms with Crippen molar-refractivity contribution < 1.29 is 9.53 Å². The topological polar surface area (TPSA) is 64.3 Å². The summed E-state index contributed by atoms with van der Waals surface area (Å²) < 4.78 is 5.91. The molecule has 3 N–H and O–H groups in total. The molecule has 2 saturated carbocycles. The van der Waals surface area contributed by atoms with Crippen LogP contribution in [0.25, 0.3) is 0 Å². The molecule has 2 aliphatic rings. The molecule has 2 unspecified atom stereocenters. The number of amides is 1. The Labute approximate surface area is 116 Å². The minimum absolute atomic E-state index is 0.200. The van der Waals surface area contributed by atoms with Gasteiger partial charge in [-0.05, 0) is 44.4 Å². The van der Waals surface area contributed by atoms with Gasteiger partial charge >= 0.3 is 0 Å². The summed E-state index contributed by atoms with van der Waals surface area (Å²) >= 11 is 0. The van der Waals surface area contributed by atoms with Gasteiger partial charge in [0, 0.05) is 19.1 Å². The molecule has 0 heterocycles. The van der Waals surface area contributed by atoms with Gasteiger partial charge in [0.1, 0.15) is 5.54 Å². The molecule has 0 spiro atoms. The van der Waals surface area contributed by atoms with Crippen LogP contribution in [0, 0.1) is 5.92 Å². The first-order valence-corrected chi connectivity index (χ1v) is 7.71. The molecular weight excluding hydrogens is 240 g/mol. The molecule has 4 heteroatoms. The van der Waals surface area contributed by atoms with Crippen LogP contribution in [0.3, 0.4) is 0 Å². The van der Waals surface area contributed by atoms with E-state index in [0.29, 0.717) is 6.04 Å². The van der Waals surface area contributed by atoms with E-state index in [1.807, 2.05) is 0 Å². The van der Waals surface area contributed by atoms with Crippen LogP contribution in [-0.4, -0.2) is 30.2 Å². The largest absolute Gasteiger partial charge is 0.378 e. The Balaban J connectivity index is 1.74. The number of nitrogens with one attached hydrogen (secondary N) is 1. The average molecular weight is 268 g/mol. The fourth-order valence-electron chi connectivity index (χ4n) is 2.93. The molecule has 0 aromatic rings. The Hall–Kier alpha value is -0.610. The number of hydrogen-bond donors (Lipinski definition) is 2. The maximum absolute atomic E-state index is 11.8. The van der Waals surface area contributed by atoms with Crippen LogP contribution in [0.2, 0.25) is 0 Å². The molecule has 0 bridgehead atoms. The normalized spacial score (nSPS) is 31.0. The maximum Gasteiger partial charge on any atom is 0.237 e. The van der Waals surface area contributed by atoms with Crippen molar-refractivity contribution in [3.63, 3.8) is 0 Å². The third-order valence-electron chi connectivity index (χ3n) is 4.28. The summed E-state index contributed by atoms with van der Waals surface area (Å²) in [6, 6.07) is 0.507. The van der Waals surface area contributed by atoms with Gasteiger partial charge in [-0.25, -0.2) is 0 Å². The van der Waals surface area contributed by atoms with Crippen molar-refractivity contribution in [1.29, 1.82) is 0 Å². The molecule has 4 nitrogen and oxygen atoms in total. The Morgan fingerprint density at radius 2 is 2.16 bits per heavy atom. The Morgan fingerprint density at radius 1 is 1.42 bits per heavy atom. The fraction of sp³-hybridized carbons (Fsp3) is 0.933. The van der Waals surface area contributed by atoms with Crippen molar-refractivity contribution in [3.8, 4) is 0 Å². The summed E-state index contributed by atoms with van der Waals surface area (Å²) in [5, 5.41) is 3.45. The van der Waals surface area contributed by atoms with Gasteiger partial charge in [0.05, 0.1) is 6.10 Å². The van der Waals surface area contributed by atoms with Crippen LogP contribution in [-0.2, 0) is 9.53 Å². The van der Waals surface area contributed by atoms with E-state index in [1.165, 1.54) is 19.3 Å². The molecule has 1 amide bonds. The Kier molecular flexibility index (Phi) is 4.85. The highest BCUT2D eigenvalue weighted by molar-refractivity contribution is 5.85. The van der Waals surface area contributed by atoms with Crippen molar-refractivity contribution >= 4 is 5.91 Å². The van der Waals surface area contributed by atoms with Gasteiger partial charge in [0.25, 0.3) is 0 Å². The molecule has 110 valence electrons. The molecule has 2 aliphatic carbocycles. The van der Waals surface area contributed by atoms with Crippen molar-refractivity contribution in [3.05, 3.63) is 0 Å². The van der Waals surface area contributed by atoms with Crippen LogP contribution in [0.5, 0.6) is 0 Å². The summed E-state index contributed by atoms with van der Waals surface area (Å²) in [7, 11) is 0. The number of primary amides is 1. The molecule has 0 aromatic heterocycles. The van der Waals surface area contributed by atoms with Crippen LogP contribution in [0.15, 0.2) is 0 Å². The van der Waals surface area contributed by atoms with Gasteiger partial charge in [0.2, 0.25) is 5.91 Å². The van der Waals surface area contributed by atoms with Crippen molar-refractivity contribution in [2.24, 2.45) is 11.7 Å². The van der Waals surface area contributed by atoms with Gasteiger partial charge in [-0.3, -0.25) is 4.79 Å². The lowest BCUT2D eigenvalue weighted by Gasteiger charge is -2.27. The molecular formula is C15H28N2O2. The lowest BCUT2D eigenvalue weighted by atomic mass is 9.96. The standard InChI is InChI=1S/C15H28N2O2/c1-11(2)4-3-9-19-13-7-8-15(10-13,14(16)18)17-12-5-6-12/h11-13,17H,3-10H2,1-2H3,(H2,16,18). The number of nitrogens with two attached hydrogens (primary N) is 1. The molecule has 0 aromatic carbocycles. The van der Waals surface area contributed by atoms with Crippen LogP contribution in [0.1, 0.15) is 58.8 Å². The van der Waals surface area contributed by atoms with Gasteiger partial charge in [-0.1, -0.05) is 13.8 Å². The summed E-state index contributed by atoms with van der Waals surface area (Å²) in [6.45, 7) is 5.27. The second-order valence-corrected chi connectivity index (χ2v) is 6.64. The molecule has 2 rings (SSSR count). The second-order valence-electron chi connectivity index (χ2n) is 6.64. The van der Waals surface area contributed by atoms with E-state index in [2.05, 4.69) is 19.2 Å². The number of carbonyl (C=O) groups is 1. The zero-order chi connectivity index (χ0) is 13.9. The monoisotopic (exact) mass is 268 g/mol. The van der Waals surface area contributed by atoms with Gasteiger partial charge in [-0.15, -0.1) is 0 Å². The predicted molar refractivity (Wildman–Crippen MR) is 75.7 cm³/mol.